The van der Waals surface area contributed by atoms with E-state index in [0.717, 1.165) is 28.9 Å². The molecule has 3 aromatic rings. The molecule has 0 amide bonds. The first-order valence-electron chi connectivity index (χ1n) is 8.22. The standard InChI is InChI=1S/C20H17N5O/c21-20-19(14-7-3-1-2-4-8-14)25-13-15(10-11-17(25)23-20)18(24-26)16-9-5-6-12-22-16/h1-7,9-13,26H,8,21H2/b24-18-. The number of hydrogen-bond acceptors (Lipinski definition) is 5. The van der Waals surface area contributed by atoms with Gasteiger partial charge in [0.2, 0.25) is 0 Å². The molecule has 0 radical (unpaired) electrons. The largest absolute Gasteiger partial charge is 0.410 e. The number of allylic oxidation sites excluding steroid dienone is 6. The van der Waals surface area contributed by atoms with Crippen molar-refractivity contribution in [2.45, 2.75) is 6.42 Å². The molecule has 0 bridgehead atoms. The molecule has 3 N–H and O–H groups in total. The monoisotopic (exact) mass is 343 g/mol. The molecular formula is C20H17N5O. The third-order valence-electron chi connectivity index (χ3n) is 4.22. The molecule has 4 rings (SSSR count). The van der Waals surface area contributed by atoms with Gasteiger partial charge in [-0.3, -0.25) is 9.38 Å². The highest BCUT2D eigenvalue weighted by Gasteiger charge is 2.16. The molecule has 6 heteroatoms. The van der Waals surface area contributed by atoms with E-state index in [9.17, 15) is 5.21 Å². The first-order chi connectivity index (χ1) is 12.8. The van der Waals surface area contributed by atoms with Crippen LogP contribution in [-0.2, 0) is 0 Å². The molecule has 1 aliphatic carbocycles. The van der Waals surface area contributed by atoms with Crippen LogP contribution < -0.4 is 5.73 Å². The minimum Gasteiger partial charge on any atom is -0.410 e. The van der Waals surface area contributed by atoms with E-state index in [1.54, 1.807) is 12.3 Å². The van der Waals surface area contributed by atoms with Crippen molar-refractivity contribution in [3.05, 3.63) is 90.1 Å². The van der Waals surface area contributed by atoms with Crippen LogP contribution in [0.15, 0.2) is 78.3 Å². The number of nitrogens with two attached hydrogens (primary N) is 1. The minimum absolute atomic E-state index is 0.389. The van der Waals surface area contributed by atoms with Crippen LogP contribution in [0.1, 0.15) is 23.4 Å². The molecule has 0 saturated heterocycles. The number of aromatic nitrogens is 3. The number of rotatable bonds is 3. The lowest BCUT2D eigenvalue weighted by molar-refractivity contribution is 0.319. The van der Waals surface area contributed by atoms with Crippen LogP contribution in [-0.4, -0.2) is 25.3 Å². The zero-order chi connectivity index (χ0) is 17.9. The molecule has 6 nitrogen and oxygen atoms in total. The van der Waals surface area contributed by atoms with Gasteiger partial charge in [0.15, 0.2) is 5.82 Å². The molecule has 3 heterocycles. The average molecular weight is 343 g/mol. The Hall–Kier alpha value is -3.67. The fraction of sp³-hybridized carbons (Fsp3) is 0.0500. The Morgan fingerprint density at radius 3 is 2.88 bits per heavy atom. The summed E-state index contributed by atoms with van der Waals surface area (Å²) < 4.78 is 1.93. The second-order valence-corrected chi connectivity index (χ2v) is 5.86. The maximum absolute atomic E-state index is 9.53. The smallest absolute Gasteiger partial charge is 0.150 e. The van der Waals surface area contributed by atoms with Gasteiger partial charge in [-0.15, -0.1) is 0 Å². The summed E-state index contributed by atoms with van der Waals surface area (Å²) in [5.74, 6) is 0.470. The van der Waals surface area contributed by atoms with E-state index >= 15 is 0 Å². The Kier molecular flexibility index (Phi) is 4.07. The second kappa shape index (κ2) is 6.68. The summed E-state index contributed by atoms with van der Waals surface area (Å²) in [5.41, 5.74) is 10.5. The second-order valence-electron chi connectivity index (χ2n) is 5.86. The molecule has 0 saturated carbocycles. The number of anilines is 1. The maximum Gasteiger partial charge on any atom is 0.150 e. The summed E-state index contributed by atoms with van der Waals surface area (Å²) in [4.78, 5) is 8.72. The van der Waals surface area contributed by atoms with Crippen LogP contribution in [0.4, 0.5) is 5.82 Å². The van der Waals surface area contributed by atoms with Crippen LogP contribution in [0, 0.1) is 0 Å². The first-order valence-corrected chi connectivity index (χ1v) is 8.22. The first kappa shape index (κ1) is 15.8. The van der Waals surface area contributed by atoms with Crippen molar-refractivity contribution in [2.24, 2.45) is 5.16 Å². The van der Waals surface area contributed by atoms with E-state index in [0.29, 0.717) is 17.2 Å². The third kappa shape index (κ3) is 2.77. The Balaban J connectivity index is 1.87. The highest BCUT2D eigenvalue weighted by Crippen LogP contribution is 2.27. The molecule has 3 aromatic heterocycles. The van der Waals surface area contributed by atoms with Crippen molar-refractivity contribution in [1.29, 1.82) is 0 Å². The molecule has 0 unspecified atom stereocenters. The van der Waals surface area contributed by atoms with Crippen molar-refractivity contribution in [3.63, 3.8) is 0 Å². The van der Waals surface area contributed by atoms with Gasteiger partial charge in [-0.25, -0.2) is 4.98 Å². The molecule has 0 spiro atoms. The van der Waals surface area contributed by atoms with Crippen LogP contribution in [0.5, 0.6) is 0 Å². The Morgan fingerprint density at radius 1 is 1.15 bits per heavy atom. The Morgan fingerprint density at radius 2 is 2.08 bits per heavy atom. The molecule has 128 valence electrons. The summed E-state index contributed by atoms with van der Waals surface area (Å²) in [6.45, 7) is 0. The number of fused-ring (bicyclic) bond motifs is 1. The summed E-state index contributed by atoms with van der Waals surface area (Å²) in [6.07, 6.45) is 14.4. The highest BCUT2D eigenvalue weighted by molar-refractivity contribution is 6.11. The lowest BCUT2D eigenvalue weighted by Crippen LogP contribution is -2.07. The van der Waals surface area contributed by atoms with Gasteiger partial charge in [0, 0.05) is 18.0 Å². The number of oxime groups is 1. The maximum atomic E-state index is 9.53. The Labute approximate surface area is 150 Å². The van der Waals surface area contributed by atoms with Crippen LogP contribution >= 0.6 is 0 Å². The summed E-state index contributed by atoms with van der Waals surface area (Å²) in [7, 11) is 0. The van der Waals surface area contributed by atoms with Crippen molar-refractivity contribution < 1.29 is 5.21 Å². The molecule has 1 aliphatic rings. The van der Waals surface area contributed by atoms with Crippen molar-refractivity contribution in [2.75, 3.05) is 5.73 Å². The predicted molar refractivity (Wildman–Crippen MR) is 102 cm³/mol. The van der Waals surface area contributed by atoms with Gasteiger partial charge < -0.3 is 10.9 Å². The summed E-state index contributed by atoms with van der Waals surface area (Å²) in [6, 6.07) is 9.16. The van der Waals surface area contributed by atoms with Gasteiger partial charge in [0.25, 0.3) is 0 Å². The molecule has 0 aliphatic heterocycles. The fourth-order valence-electron chi connectivity index (χ4n) is 3.03. The topological polar surface area (TPSA) is 88.8 Å². The van der Waals surface area contributed by atoms with E-state index in [1.807, 2.05) is 59.2 Å². The quantitative estimate of drug-likeness (QED) is 0.433. The number of hydrogen-bond donors (Lipinski definition) is 2. The summed E-state index contributed by atoms with van der Waals surface area (Å²) >= 11 is 0. The van der Waals surface area contributed by atoms with Crippen molar-refractivity contribution in [1.82, 2.24) is 14.4 Å². The fourth-order valence-corrected chi connectivity index (χ4v) is 3.03. The van der Waals surface area contributed by atoms with E-state index in [2.05, 4.69) is 21.2 Å². The van der Waals surface area contributed by atoms with Crippen LogP contribution in [0.3, 0.4) is 0 Å². The molecular weight excluding hydrogens is 326 g/mol. The van der Waals surface area contributed by atoms with Crippen molar-refractivity contribution >= 4 is 22.7 Å². The van der Waals surface area contributed by atoms with Gasteiger partial charge in [-0.2, -0.15) is 0 Å². The average Bonchev–Trinajstić information content (AvgIpc) is 2.83. The zero-order valence-corrected chi connectivity index (χ0v) is 13.9. The summed E-state index contributed by atoms with van der Waals surface area (Å²) in [5, 5.41) is 13.0. The van der Waals surface area contributed by atoms with E-state index in [4.69, 9.17) is 5.73 Å². The number of nitrogens with zero attached hydrogens (tertiary/aromatic N) is 4. The van der Waals surface area contributed by atoms with E-state index < -0.39 is 0 Å². The molecule has 0 fully saturated rings. The molecule has 26 heavy (non-hydrogen) atoms. The lowest BCUT2D eigenvalue weighted by Gasteiger charge is -2.08. The lowest BCUT2D eigenvalue weighted by atomic mass is 10.1. The predicted octanol–water partition coefficient (Wildman–Crippen LogP) is 3.44. The van der Waals surface area contributed by atoms with Gasteiger partial charge in [0.05, 0.1) is 11.4 Å². The normalized spacial score (nSPS) is 14.5. The SMILES string of the molecule is Nc1nc2ccc(/C(=N/O)c3ccccn3)cn2c1C1=CC=CC=CC1. The van der Waals surface area contributed by atoms with Crippen LogP contribution in [0.25, 0.3) is 11.2 Å². The van der Waals surface area contributed by atoms with Gasteiger partial charge >= 0.3 is 0 Å². The number of pyridine rings is 2. The minimum atomic E-state index is 0.389. The van der Waals surface area contributed by atoms with Gasteiger partial charge in [-0.05, 0) is 36.3 Å². The highest BCUT2D eigenvalue weighted by atomic mass is 16.4. The Bertz CT molecular complexity index is 1070. The van der Waals surface area contributed by atoms with E-state index in [-0.39, 0.29) is 0 Å². The van der Waals surface area contributed by atoms with Crippen molar-refractivity contribution in [3.8, 4) is 0 Å². The number of imidazole rings is 1. The molecule has 0 atom stereocenters. The van der Waals surface area contributed by atoms with Crippen LogP contribution in [0.2, 0.25) is 0 Å². The zero-order valence-electron chi connectivity index (χ0n) is 13.9. The van der Waals surface area contributed by atoms with Gasteiger partial charge in [0.1, 0.15) is 11.4 Å². The third-order valence-corrected chi connectivity index (χ3v) is 4.22. The van der Waals surface area contributed by atoms with E-state index in [1.165, 1.54) is 0 Å². The van der Waals surface area contributed by atoms with Gasteiger partial charge in [-0.1, -0.05) is 41.6 Å². The molecule has 0 aromatic carbocycles. The number of nitrogen functional groups attached to an aromatic ring is 1.